The summed E-state index contributed by atoms with van der Waals surface area (Å²) in [4.78, 5) is 25.0. The molecule has 2 N–H and O–H groups in total. The molecule has 0 heterocycles. The summed E-state index contributed by atoms with van der Waals surface area (Å²) in [5.74, 6) is -0.427. The number of anilines is 2. The monoisotopic (exact) mass is 454 g/mol. The van der Waals surface area contributed by atoms with E-state index in [9.17, 15) is 9.59 Å². The van der Waals surface area contributed by atoms with Gasteiger partial charge in [0.25, 0.3) is 5.91 Å². The summed E-state index contributed by atoms with van der Waals surface area (Å²) in [6.45, 7) is 12.9. The van der Waals surface area contributed by atoms with E-state index >= 15 is 0 Å². The largest absolute Gasteiger partial charge is 0.322 e. The maximum Gasteiger partial charge on any atom is 0.255 e. The first-order chi connectivity index (χ1) is 15.9. The van der Waals surface area contributed by atoms with Gasteiger partial charge in [-0.3, -0.25) is 9.59 Å². The van der Waals surface area contributed by atoms with Gasteiger partial charge in [0.2, 0.25) is 5.91 Å². The van der Waals surface area contributed by atoms with Gasteiger partial charge >= 0.3 is 0 Å². The highest BCUT2D eigenvalue weighted by Gasteiger charge is 2.15. The van der Waals surface area contributed by atoms with E-state index in [1.54, 1.807) is 30.3 Å². The van der Waals surface area contributed by atoms with Gasteiger partial charge < -0.3 is 10.6 Å². The van der Waals surface area contributed by atoms with Crippen molar-refractivity contribution in [2.45, 2.75) is 52.4 Å². The fourth-order valence-corrected chi connectivity index (χ4v) is 3.45. The molecule has 0 saturated carbocycles. The van der Waals surface area contributed by atoms with Crippen LogP contribution in [0.25, 0.3) is 6.08 Å². The number of amides is 2. The average molecular weight is 455 g/mol. The fourth-order valence-electron chi connectivity index (χ4n) is 3.45. The summed E-state index contributed by atoms with van der Waals surface area (Å²) in [6, 6.07) is 22.9. The first kappa shape index (κ1) is 25.0. The van der Waals surface area contributed by atoms with E-state index in [4.69, 9.17) is 0 Å². The van der Waals surface area contributed by atoms with E-state index in [1.807, 2.05) is 36.4 Å². The lowest BCUT2D eigenvalue weighted by Gasteiger charge is -2.19. The third-order valence-corrected chi connectivity index (χ3v) is 5.60. The first-order valence-electron chi connectivity index (χ1n) is 11.5. The summed E-state index contributed by atoms with van der Waals surface area (Å²) in [6.07, 6.45) is 3.29. The van der Waals surface area contributed by atoms with Crippen molar-refractivity contribution in [3.05, 3.63) is 101 Å². The Morgan fingerprint density at radius 1 is 0.676 bits per heavy atom. The third-order valence-electron chi connectivity index (χ3n) is 5.60. The van der Waals surface area contributed by atoms with Crippen LogP contribution < -0.4 is 10.6 Å². The molecule has 0 radical (unpaired) electrons. The lowest BCUT2D eigenvalue weighted by atomic mass is 9.86. The molecule has 4 heteroatoms. The van der Waals surface area contributed by atoms with Gasteiger partial charge in [0, 0.05) is 23.0 Å². The van der Waals surface area contributed by atoms with Crippen LogP contribution in [0, 0.1) is 0 Å². The van der Waals surface area contributed by atoms with Crippen molar-refractivity contribution in [2.75, 3.05) is 10.6 Å². The zero-order valence-corrected chi connectivity index (χ0v) is 20.9. The highest BCUT2D eigenvalue weighted by molar-refractivity contribution is 6.05. The maximum absolute atomic E-state index is 12.6. The highest BCUT2D eigenvalue weighted by Crippen LogP contribution is 2.24. The molecule has 0 aromatic heterocycles. The zero-order chi connectivity index (χ0) is 24.9. The Morgan fingerprint density at radius 2 is 1.18 bits per heavy atom. The molecule has 0 spiro atoms. The Kier molecular flexibility index (Phi) is 7.41. The Balaban J connectivity index is 1.61. The molecule has 34 heavy (non-hydrogen) atoms. The van der Waals surface area contributed by atoms with E-state index < -0.39 is 0 Å². The average Bonchev–Trinajstić information content (AvgIpc) is 2.77. The number of benzene rings is 3. The van der Waals surface area contributed by atoms with E-state index in [1.165, 1.54) is 17.2 Å². The molecule has 3 aromatic rings. The number of carbonyl (C=O) groups is 2. The molecular formula is C30H34N2O2. The van der Waals surface area contributed by atoms with Crippen molar-refractivity contribution in [1.29, 1.82) is 0 Å². The van der Waals surface area contributed by atoms with Crippen LogP contribution in [0.4, 0.5) is 11.4 Å². The number of carbonyl (C=O) groups excluding carboxylic acids is 2. The van der Waals surface area contributed by atoms with Crippen molar-refractivity contribution in [3.63, 3.8) is 0 Å². The van der Waals surface area contributed by atoms with Crippen LogP contribution in [0.3, 0.4) is 0 Å². The van der Waals surface area contributed by atoms with Crippen LogP contribution in [0.5, 0.6) is 0 Å². The van der Waals surface area contributed by atoms with E-state index in [2.05, 4.69) is 64.3 Å². The maximum atomic E-state index is 12.6. The lowest BCUT2D eigenvalue weighted by Crippen LogP contribution is -2.14. The van der Waals surface area contributed by atoms with Crippen LogP contribution in [0.1, 0.15) is 68.6 Å². The van der Waals surface area contributed by atoms with Gasteiger partial charge in [0.05, 0.1) is 0 Å². The van der Waals surface area contributed by atoms with Gasteiger partial charge in [-0.2, -0.15) is 0 Å². The quantitative estimate of drug-likeness (QED) is 0.401. The minimum absolute atomic E-state index is 0.0336. The SMILES string of the molecule is CC(C)(C)c1ccc(/C=C\C(=O)Nc2cccc(NC(=O)c3ccc(C(C)(C)C)cc3)c2)cc1. The van der Waals surface area contributed by atoms with Crippen molar-refractivity contribution in [2.24, 2.45) is 0 Å². The minimum atomic E-state index is -0.235. The molecule has 0 aliphatic carbocycles. The predicted molar refractivity (Wildman–Crippen MR) is 142 cm³/mol. The summed E-state index contributed by atoms with van der Waals surface area (Å²) in [5.41, 5.74) is 5.32. The standard InChI is InChI=1S/C30H34N2O2/c1-29(2,3)23-15-10-21(11-16-23)12-19-27(33)31-25-8-7-9-26(20-25)32-28(34)22-13-17-24(18-14-22)30(4,5)6/h7-20H,1-6H3,(H,31,33)(H,32,34)/b19-12-. The molecule has 176 valence electrons. The van der Waals surface area contributed by atoms with Crippen LogP contribution in [-0.4, -0.2) is 11.8 Å². The first-order valence-corrected chi connectivity index (χ1v) is 11.5. The molecule has 0 fully saturated rings. The van der Waals surface area contributed by atoms with E-state index in [0.717, 1.165) is 5.56 Å². The van der Waals surface area contributed by atoms with Crippen LogP contribution in [0.15, 0.2) is 78.9 Å². The molecule has 0 aliphatic heterocycles. The second-order valence-electron chi connectivity index (χ2n) is 10.6. The Morgan fingerprint density at radius 3 is 1.71 bits per heavy atom. The van der Waals surface area contributed by atoms with Crippen molar-refractivity contribution >= 4 is 29.3 Å². The Hall–Kier alpha value is -3.66. The normalized spacial score (nSPS) is 11.9. The number of rotatable bonds is 5. The van der Waals surface area contributed by atoms with Gasteiger partial charge in [0.15, 0.2) is 0 Å². The smallest absolute Gasteiger partial charge is 0.255 e. The van der Waals surface area contributed by atoms with Crippen molar-refractivity contribution < 1.29 is 9.59 Å². The topological polar surface area (TPSA) is 58.2 Å². The minimum Gasteiger partial charge on any atom is -0.322 e. The molecular weight excluding hydrogens is 420 g/mol. The second kappa shape index (κ2) is 10.1. The fraction of sp³-hybridized carbons (Fsp3) is 0.267. The molecule has 0 unspecified atom stereocenters. The molecule has 0 bridgehead atoms. The number of hydrogen-bond donors (Lipinski definition) is 2. The van der Waals surface area contributed by atoms with Crippen molar-refractivity contribution in [3.8, 4) is 0 Å². The molecule has 3 aromatic carbocycles. The lowest BCUT2D eigenvalue weighted by molar-refractivity contribution is -0.111. The van der Waals surface area contributed by atoms with Gasteiger partial charge in [-0.25, -0.2) is 0 Å². The number of hydrogen-bond acceptors (Lipinski definition) is 2. The summed E-state index contributed by atoms with van der Waals surface area (Å²) in [7, 11) is 0. The molecule has 2 amide bonds. The Labute approximate surface area is 203 Å². The summed E-state index contributed by atoms with van der Waals surface area (Å²) < 4.78 is 0. The third kappa shape index (κ3) is 6.92. The summed E-state index contributed by atoms with van der Waals surface area (Å²) >= 11 is 0. The Bertz CT molecular complexity index is 1180. The molecule has 0 saturated heterocycles. The van der Waals surface area contributed by atoms with Crippen molar-refractivity contribution in [1.82, 2.24) is 0 Å². The predicted octanol–water partition coefficient (Wildman–Crippen LogP) is 7.19. The van der Waals surface area contributed by atoms with Gasteiger partial charge in [0.1, 0.15) is 0 Å². The second-order valence-corrected chi connectivity index (χ2v) is 10.6. The van der Waals surface area contributed by atoms with Crippen LogP contribution >= 0.6 is 0 Å². The van der Waals surface area contributed by atoms with E-state index in [-0.39, 0.29) is 22.6 Å². The molecule has 4 nitrogen and oxygen atoms in total. The van der Waals surface area contributed by atoms with E-state index in [0.29, 0.717) is 16.9 Å². The molecule has 0 atom stereocenters. The highest BCUT2D eigenvalue weighted by atomic mass is 16.2. The summed E-state index contributed by atoms with van der Waals surface area (Å²) in [5, 5.41) is 5.75. The molecule has 3 rings (SSSR count). The molecule has 0 aliphatic rings. The number of nitrogens with one attached hydrogen (secondary N) is 2. The van der Waals surface area contributed by atoms with Gasteiger partial charge in [-0.15, -0.1) is 0 Å². The van der Waals surface area contributed by atoms with Crippen LogP contribution in [0.2, 0.25) is 0 Å². The van der Waals surface area contributed by atoms with Gasteiger partial charge in [-0.05, 0) is 63.9 Å². The van der Waals surface area contributed by atoms with Gasteiger partial charge in [-0.1, -0.05) is 84.0 Å². The zero-order valence-electron chi connectivity index (χ0n) is 20.9. The van der Waals surface area contributed by atoms with Crippen LogP contribution in [-0.2, 0) is 15.6 Å².